The molecule has 15 nitrogen and oxygen atoms in total. The number of ether oxygens (including phenoxy) is 2. The zero-order valence-corrected chi connectivity index (χ0v) is 30.1. The molecular weight excluding hydrogens is 727 g/mol. The molecule has 7 rings (SSSR count). The number of hydrogen-bond acceptors (Lipinski definition) is 15. The van der Waals surface area contributed by atoms with Crippen LogP contribution in [-0.2, 0) is 20.1 Å². The summed E-state index contributed by atoms with van der Waals surface area (Å²) >= 11 is 0.0822. The normalized spacial score (nSPS) is 14.7. The fraction of sp³-hybridized carbons (Fsp3) is 0.206. The van der Waals surface area contributed by atoms with Gasteiger partial charge in [0.05, 0.1) is 34.6 Å². The summed E-state index contributed by atoms with van der Waals surface area (Å²) in [7, 11) is 3.25. The number of carbonyl (C=O) groups is 2. The first-order chi connectivity index (χ1) is 25.4. The van der Waals surface area contributed by atoms with Crippen molar-refractivity contribution in [3.05, 3.63) is 71.7 Å². The SMILES string of the molecule is CNC(=O)Nc1ccc2nsc(N=Nc3cc(S(=O)ON4CCOCC4)c(OC(C#N)C(=O)c4nc5ccccc5s4)c4cccc(NC)c34)c2c1. The molecule has 1 aliphatic heterocycles. The molecule has 6 aromatic rings. The highest BCUT2D eigenvalue weighted by molar-refractivity contribution is 7.80. The van der Waals surface area contributed by atoms with E-state index in [4.69, 9.17) is 13.8 Å². The van der Waals surface area contributed by atoms with Gasteiger partial charge in [-0.05, 0) is 54.0 Å². The van der Waals surface area contributed by atoms with Crippen molar-refractivity contribution >= 4 is 99.7 Å². The minimum atomic E-state index is -2.19. The maximum absolute atomic E-state index is 14.1. The van der Waals surface area contributed by atoms with Crippen LogP contribution in [0.2, 0.25) is 0 Å². The van der Waals surface area contributed by atoms with E-state index in [1.54, 1.807) is 43.4 Å². The highest BCUT2D eigenvalue weighted by atomic mass is 32.2. The first-order valence-corrected chi connectivity index (χ1v) is 18.5. The molecule has 0 bridgehead atoms. The lowest BCUT2D eigenvalue weighted by Gasteiger charge is -2.25. The van der Waals surface area contributed by atoms with Crippen molar-refractivity contribution in [2.45, 2.75) is 11.0 Å². The number of Topliss-reactive ketones (excluding diaryl/α,β-unsaturated/α-hetero) is 1. The molecular formula is C34H29N9O6S3. The van der Waals surface area contributed by atoms with Gasteiger partial charge in [0.15, 0.2) is 10.0 Å². The second-order valence-corrected chi connectivity index (χ2v) is 14.0. The smallest absolute Gasteiger partial charge is 0.318 e. The molecule has 2 atom stereocenters. The molecule has 264 valence electrons. The average Bonchev–Trinajstić information content (AvgIpc) is 3.80. The van der Waals surface area contributed by atoms with Gasteiger partial charge >= 0.3 is 6.03 Å². The molecule has 3 N–H and O–H groups in total. The van der Waals surface area contributed by atoms with Crippen LogP contribution < -0.4 is 20.7 Å². The van der Waals surface area contributed by atoms with Crippen LogP contribution in [0.4, 0.5) is 26.9 Å². The number of urea groups is 1. The minimum absolute atomic E-state index is 0.00631. The highest BCUT2D eigenvalue weighted by Crippen LogP contribution is 2.44. The summed E-state index contributed by atoms with van der Waals surface area (Å²) in [4.78, 5) is 30.1. The van der Waals surface area contributed by atoms with Gasteiger partial charge in [0, 0.05) is 54.7 Å². The first-order valence-electron chi connectivity index (χ1n) is 15.8. The lowest BCUT2D eigenvalue weighted by atomic mass is 10.1. The second kappa shape index (κ2) is 15.4. The Labute approximate surface area is 307 Å². The Kier molecular flexibility index (Phi) is 10.4. The summed E-state index contributed by atoms with van der Waals surface area (Å²) in [6, 6.07) is 20.9. The number of morpholine rings is 1. The molecule has 0 aliphatic carbocycles. The second-order valence-electron chi connectivity index (χ2n) is 11.2. The number of carbonyl (C=O) groups excluding carboxylic acids is 2. The summed E-state index contributed by atoms with van der Waals surface area (Å²) in [6.45, 7) is 1.52. The molecule has 1 fully saturated rings. The van der Waals surface area contributed by atoms with E-state index in [2.05, 4.69) is 35.5 Å². The molecule has 0 radical (unpaired) electrons. The lowest BCUT2D eigenvalue weighted by Crippen LogP contribution is -2.36. The summed E-state index contributed by atoms with van der Waals surface area (Å²) in [5.41, 5.74) is 2.75. The van der Waals surface area contributed by atoms with Crippen molar-refractivity contribution in [3.8, 4) is 11.8 Å². The molecule has 2 amide bonds. The number of nitrogens with zero attached hydrogens (tertiary/aromatic N) is 6. The minimum Gasteiger partial charge on any atom is -0.465 e. The Morgan fingerprint density at radius 1 is 1.04 bits per heavy atom. The molecule has 52 heavy (non-hydrogen) atoms. The molecule has 0 saturated carbocycles. The van der Waals surface area contributed by atoms with E-state index in [-0.39, 0.29) is 21.7 Å². The summed E-state index contributed by atoms with van der Waals surface area (Å²) < 4.78 is 36.9. The monoisotopic (exact) mass is 755 g/mol. The third-order valence-electron chi connectivity index (χ3n) is 7.94. The fourth-order valence-corrected chi connectivity index (χ4v) is 7.97. The van der Waals surface area contributed by atoms with E-state index >= 15 is 0 Å². The van der Waals surface area contributed by atoms with Gasteiger partial charge in [0.25, 0.3) is 0 Å². The number of fused-ring (bicyclic) bond motifs is 3. The number of anilines is 2. The van der Waals surface area contributed by atoms with Crippen LogP contribution in [0.15, 0.2) is 81.9 Å². The Morgan fingerprint density at radius 3 is 2.63 bits per heavy atom. The summed E-state index contributed by atoms with van der Waals surface area (Å²) in [5, 5.41) is 31.5. The standard InChI is InChI=1S/C34H29N9O6S3/c1-36-24-8-5-6-20-29(24)25(40-41-32-21-16-19(38-34(45)37-2)10-11-22(21)42-51-32)17-28(52(46)49-43-12-14-47-15-13-43)31(20)48-26(18-35)30(44)33-39-23-7-3-4-9-27(23)50-33/h3-11,16-17,26,36H,12-15H2,1-2H3,(H2,37,38,45). The van der Waals surface area contributed by atoms with Crippen LogP contribution >= 0.6 is 22.9 Å². The van der Waals surface area contributed by atoms with Crippen molar-refractivity contribution in [3.63, 3.8) is 0 Å². The van der Waals surface area contributed by atoms with E-state index in [1.165, 1.54) is 18.2 Å². The number of aromatic nitrogens is 2. The average molecular weight is 756 g/mol. The lowest BCUT2D eigenvalue weighted by molar-refractivity contribution is -0.109. The third-order valence-corrected chi connectivity index (χ3v) is 10.8. The van der Waals surface area contributed by atoms with Gasteiger partial charge in [0.1, 0.15) is 16.7 Å². The molecule has 1 aliphatic rings. The fourth-order valence-electron chi connectivity index (χ4n) is 5.42. The van der Waals surface area contributed by atoms with Crippen molar-refractivity contribution in [2.75, 3.05) is 51.0 Å². The van der Waals surface area contributed by atoms with Gasteiger partial charge in [-0.2, -0.15) is 19.0 Å². The number of hydrogen-bond donors (Lipinski definition) is 3. The Hall–Kier alpha value is -5.42. The number of hydroxylamine groups is 2. The number of nitriles is 1. The van der Waals surface area contributed by atoms with E-state index in [0.717, 1.165) is 27.6 Å². The zero-order chi connectivity index (χ0) is 36.2. The van der Waals surface area contributed by atoms with E-state index in [9.17, 15) is 19.1 Å². The largest absolute Gasteiger partial charge is 0.465 e. The van der Waals surface area contributed by atoms with Crippen LogP contribution in [0.25, 0.3) is 31.9 Å². The van der Waals surface area contributed by atoms with Crippen molar-refractivity contribution in [2.24, 2.45) is 10.2 Å². The zero-order valence-electron chi connectivity index (χ0n) is 27.6. The third kappa shape index (κ3) is 7.18. The van der Waals surface area contributed by atoms with Gasteiger partial charge < -0.3 is 25.4 Å². The van der Waals surface area contributed by atoms with Gasteiger partial charge in [-0.25, -0.2) is 14.0 Å². The van der Waals surface area contributed by atoms with Gasteiger partial charge in [-0.3, -0.25) is 4.79 Å². The molecule has 4 aromatic carbocycles. The number of nitrogens with one attached hydrogen (secondary N) is 3. The van der Waals surface area contributed by atoms with Gasteiger partial charge in [-0.15, -0.1) is 21.6 Å². The molecule has 3 heterocycles. The number of amides is 2. The van der Waals surface area contributed by atoms with Crippen LogP contribution in [0.1, 0.15) is 9.80 Å². The van der Waals surface area contributed by atoms with Gasteiger partial charge in [-0.1, -0.05) is 24.3 Å². The number of rotatable bonds is 11. The van der Waals surface area contributed by atoms with E-state index < -0.39 is 23.0 Å². The molecule has 2 unspecified atom stereocenters. The topological polar surface area (TPSA) is 193 Å². The van der Waals surface area contributed by atoms with Gasteiger partial charge in [0.2, 0.25) is 23.0 Å². The molecule has 1 saturated heterocycles. The first kappa shape index (κ1) is 35.0. The van der Waals surface area contributed by atoms with Crippen LogP contribution in [-0.4, -0.2) is 76.9 Å². The Morgan fingerprint density at radius 2 is 1.87 bits per heavy atom. The quantitative estimate of drug-likeness (QED) is 0.0941. The number of thiazole rings is 1. The predicted molar refractivity (Wildman–Crippen MR) is 199 cm³/mol. The highest BCUT2D eigenvalue weighted by Gasteiger charge is 2.30. The van der Waals surface area contributed by atoms with Crippen molar-refractivity contribution in [1.29, 1.82) is 5.26 Å². The predicted octanol–water partition coefficient (Wildman–Crippen LogP) is 6.71. The summed E-state index contributed by atoms with van der Waals surface area (Å²) in [6.07, 6.45) is -1.63. The Balaban J connectivity index is 1.33. The maximum atomic E-state index is 14.1. The molecule has 18 heteroatoms. The van der Waals surface area contributed by atoms with Crippen LogP contribution in [0.3, 0.4) is 0 Å². The number of ketones is 1. The molecule has 2 aromatic heterocycles. The number of azo groups is 1. The number of benzene rings is 4. The maximum Gasteiger partial charge on any atom is 0.318 e. The van der Waals surface area contributed by atoms with Crippen LogP contribution in [0, 0.1) is 11.3 Å². The van der Waals surface area contributed by atoms with E-state index in [0.29, 0.717) is 75.6 Å². The molecule has 0 spiro atoms. The number of para-hydroxylation sites is 1. The van der Waals surface area contributed by atoms with Crippen molar-refractivity contribution < 1.29 is 27.6 Å². The van der Waals surface area contributed by atoms with Crippen molar-refractivity contribution in [1.82, 2.24) is 19.7 Å². The Bertz CT molecular complexity index is 2390. The summed E-state index contributed by atoms with van der Waals surface area (Å²) in [5.74, 6) is -0.634. The van der Waals surface area contributed by atoms with Crippen LogP contribution in [0.5, 0.6) is 5.75 Å². The van der Waals surface area contributed by atoms with E-state index in [1.807, 2.05) is 30.3 Å².